The number of nitrogens with zero attached hydrogens (tertiary/aromatic N) is 1. The number of rotatable bonds is 6. The molecule has 0 bridgehead atoms. The zero-order chi connectivity index (χ0) is 21.0. The van der Waals surface area contributed by atoms with Crippen molar-refractivity contribution < 1.29 is 9.59 Å². The molecule has 3 aromatic rings. The van der Waals surface area contributed by atoms with Crippen LogP contribution in [0.3, 0.4) is 0 Å². The van der Waals surface area contributed by atoms with Gasteiger partial charge in [-0.3, -0.25) is 9.59 Å². The van der Waals surface area contributed by atoms with Crippen LogP contribution in [0.5, 0.6) is 0 Å². The summed E-state index contributed by atoms with van der Waals surface area (Å²) in [6.45, 7) is 7.73. The van der Waals surface area contributed by atoms with Crippen LogP contribution in [0.4, 0.5) is 11.4 Å². The van der Waals surface area contributed by atoms with E-state index in [2.05, 4.69) is 15.6 Å². The molecule has 1 heterocycles. The topological polar surface area (TPSA) is 71.1 Å². The van der Waals surface area contributed by atoms with Gasteiger partial charge in [-0.25, -0.2) is 4.98 Å². The molecule has 2 amide bonds. The third-order valence-electron chi connectivity index (χ3n) is 4.44. The van der Waals surface area contributed by atoms with Crippen LogP contribution in [-0.2, 0) is 16.0 Å². The summed E-state index contributed by atoms with van der Waals surface area (Å²) in [5, 5.41) is 6.57. The Morgan fingerprint density at radius 1 is 0.931 bits per heavy atom. The molecule has 0 atom stereocenters. The van der Waals surface area contributed by atoms with E-state index in [1.165, 1.54) is 11.3 Å². The van der Waals surface area contributed by atoms with Crippen molar-refractivity contribution in [2.45, 2.75) is 34.1 Å². The Labute approximate surface area is 175 Å². The Bertz CT molecular complexity index is 1010. The first kappa shape index (κ1) is 20.7. The molecule has 1 aromatic heterocycles. The number of anilines is 2. The molecule has 5 nitrogen and oxygen atoms in total. The molecular weight excluding hydrogens is 382 g/mol. The van der Waals surface area contributed by atoms with Gasteiger partial charge in [0.15, 0.2) is 0 Å². The number of aromatic nitrogens is 1. The molecule has 6 heteroatoms. The maximum Gasteiger partial charge on any atom is 0.231 e. The molecule has 0 fully saturated rings. The van der Waals surface area contributed by atoms with E-state index in [0.717, 1.165) is 38.1 Å². The summed E-state index contributed by atoms with van der Waals surface area (Å²) < 4.78 is 0. The first-order chi connectivity index (χ1) is 13.8. The number of hydrogen-bond acceptors (Lipinski definition) is 4. The number of aryl methyl sites for hydroxylation is 2. The highest BCUT2D eigenvalue weighted by Gasteiger charge is 2.14. The number of carbonyl (C=O) groups is 2. The van der Waals surface area contributed by atoms with E-state index in [0.29, 0.717) is 0 Å². The zero-order valence-corrected chi connectivity index (χ0v) is 17.9. The second-order valence-electron chi connectivity index (χ2n) is 7.32. The van der Waals surface area contributed by atoms with Gasteiger partial charge in [0, 0.05) is 27.7 Å². The lowest BCUT2D eigenvalue weighted by Gasteiger charge is -2.08. The SMILES string of the molecule is Cc1ccc(NC(=O)Cc2nc(-c3ccc(NC(=O)C(C)C)cc3)c(C)s2)cc1. The van der Waals surface area contributed by atoms with E-state index in [9.17, 15) is 9.59 Å². The number of thiazole rings is 1. The summed E-state index contributed by atoms with van der Waals surface area (Å²) in [6.07, 6.45) is 0.238. The van der Waals surface area contributed by atoms with Crippen molar-refractivity contribution >= 4 is 34.5 Å². The second kappa shape index (κ2) is 9.01. The highest BCUT2D eigenvalue weighted by Crippen LogP contribution is 2.29. The van der Waals surface area contributed by atoms with Gasteiger partial charge in [-0.15, -0.1) is 11.3 Å². The zero-order valence-electron chi connectivity index (χ0n) is 17.1. The lowest BCUT2D eigenvalue weighted by Crippen LogP contribution is -2.17. The Balaban J connectivity index is 1.67. The largest absolute Gasteiger partial charge is 0.326 e. The molecule has 0 unspecified atom stereocenters. The first-order valence-corrected chi connectivity index (χ1v) is 10.4. The standard InChI is InChI=1S/C23H25N3O2S/c1-14(2)23(28)25-19-11-7-17(8-12-19)22-16(4)29-21(26-22)13-20(27)24-18-9-5-15(3)6-10-18/h5-12,14H,13H2,1-4H3,(H,24,27)(H,25,28). The molecule has 0 aliphatic carbocycles. The van der Waals surface area contributed by atoms with Crippen molar-refractivity contribution in [2.24, 2.45) is 5.92 Å². The third kappa shape index (κ3) is 5.51. The predicted molar refractivity (Wildman–Crippen MR) is 119 cm³/mol. The van der Waals surface area contributed by atoms with Crippen LogP contribution in [0.1, 0.15) is 29.3 Å². The Kier molecular flexibility index (Phi) is 6.44. The van der Waals surface area contributed by atoms with Crippen molar-refractivity contribution in [2.75, 3.05) is 10.6 Å². The van der Waals surface area contributed by atoms with E-state index in [4.69, 9.17) is 0 Å². The highest BCUT2D eigenvalue weighted by molar-refractivity contribution is 7.12. The summed E-state index contributed by atoms with van der Waals surface area (Å²) in [7, 11) is 0. The van der Waals surface area contributed by atoms with E-state index >= 15 is 0 Å². The van der Waals surface area contributed by atoms with Gasteiger partial charge in [-0.1, -0.05) is 43.7 Å². The minimum absolute atomic E-state index is 0.00976. The third-order valence-corrected chi connectivity index (χ3v) is 5.41. The molecular formula is C23H25N3O2S. The van der Waals surface area contributed by atoms with Gasteiger partial charge in [-0.2, -0.15) is 0 Å². The summed E-state index contributed by atoms with van der Waals surface area (Å²) in [6, 6.07) is 15.3. The smallest absolute Gasteiger partial charge is 0.231 e. The van der Waals surface area contributed by atoms with Crippen LogP contribution >= 0.6 is 11.3 Å². The van der Waals surface area contributed by atoms with Gasteiger partial charge in [0.25, 0.3) is 0 Å². The number of benzene rings is 2. The van der Waals surface area contributed by atoms with E-state index in [-0.39, 0.29) is 24.2 Å². The molecule has 29 heavy (non-hydrogen) atoms. The molecule has 3 rings (SSSR count). The van der Waals surface area contributed by atoms with Crippen LogP contribution in [-0.4, -0.2) is 16.8 Å². The van der Waals surface area contributed by atoms with Crippen molar-refractivity contribution in [1.29, 1.82) is 0 Å². The average Bonchev–Trinajstić information content (AvgIpc) is 3.04. The molecule has 0 radical (unpaired) electrons. The molecule has 0 saturated carbocycles. The molecule has 2 aromatic carbocycles. The number of carbonyl (C=O) groups excluding carboxylic acids is 2. The lowest BCUT2D eigenvalue weighted by molar-refractivity contribution is -0.119. The van der Waals surface area contributed by atoms with Crippen LogP contribution in [0, 0.1) is 19.8 Å². The Morgan fingerprint density at radius 3 is 2.14 bits per heavy atom. The summed E-state index contributed by atoms with van der Waals surface area (Å²) in [5.41, 5.74) is 4.53. The van der Waals surface area contributed by atoms with Gasteiger partial charge in [0.05, 0.1) is 12.1 Å². The van der Waals surface area contributed by atoms with Crippen LogP contribution in [0.25, 0.3) is 11.3 Å². The van der Waals surface area contributed by atoms with Crippen LogP contribution in [0.15, 0.2) is 48.5 Å². The molecule has 150 valence electrons. The van der Waals surface area contributed by atoms with E-state index < -0.39 is 0 Å². The first-order valence-electron chi connectivity index (χ1n) is 9.56. The second-order valence-corrected chi connectivity index (χ2v) is 8.61. The van der Waals surface area contributed by atoms with Gasteiger partial charge >= 0.3 is 0 Å². The van der Waals surface area contributed by atoms with Gasteiger partial charge in [0.2, 0.25) is 11.8 Å². The van der Waals surface area contributed by atoms with Gasteiger partial charge in [-0.05, 0) is 38.1 Å². The van der Waals surface area contributed by atoms with Crippen molar-refractivity contribution in [3.8, 4) is 11.3 Å². The molecule has 0 saturated heterocycles. The number of hydrogen-bond donors (Lipinski definition) is 2. The Morgan fingerprint density at radius 2 is 1.52 bits per heavy atom. The van der Waals surface area contributed by atoms with Crippen molar-refractivity contribution in [3.63, 3.8) is 0 Å². The van der Waals surface area contributed by atoms with Crippen molar-refractivity contribution in [3.05, 3.63) is 64.0 Å². The monoisotopic (exact) mass is 407 g/mol. The molecule has 2 N–H and O–H groups in total. The minimum atomic E-state index is -0.0825. The maximum absolute atomic E-state index is 12.3. The normalized spacial score (nSPS) is 10.8. The van der Waals surface area contributed by atoms with Gasteiger partial charge < -0.3 is 10.6 Å². The van der Waals surface area contributed by atoms with E-state index in [1.807, 2.05) is 76.2 Å². The fourth-order valence-electron chi connectivity index (χ4n) is 2.77. The van der Waals surface area contributed by atoms with Crippen LogP contribution < -0.4 is 10.6 Å². The quantitative estimate of drug-likeness (QED) is 0.590. The average molecular weight is 408 g/mol. The fraction of sp³-hybridized carbons (Fsp3) is 0.261. The predicted octanol–water partition coefficient (Wildman–Crippen LogP) is 5.20. The number of nitrogens with one attached hydrogen (secondary N) is 2. The maximum atomic E-state index is 12.3. The van der Waals surface area contributed by atoms with Crippen LogP contribution in [0.2, 0.25) is 0 Å². The number of amides is 2. The van der Waals surface area contributed by atoms with E-state index in [1.54, 1.807) is 0 Å². The molecule has 0 aliphatic heterocycles. The van der Waals surface area contributed by atoms with Gasteiger partial charge in [0.1, 0.15) is 5.01 Å². The summed E-state index contributed by atoms with van der Waals surface area (Å²) in [5.74, 6) is -0.158. The minimum Gasteiger partial charge on any atom is -0.326 e. The highest BCUT2D eigenvalue weighted by atomic mass is 32.1. The fourth-order valence-corrected chi connectivity index (χ4v) is 3.73. The van der Waals surface area contributed by atoms with Crippen molar-refractivity contribution in [1.82, 2.24) is 4.98 Å². The lowest BCUT2D eigenvalue weighted by atomic mass is 10.1. The Hall–Kier alpha value is -2.99. The molecule has 0 aliphatic rings. The summed E-state index contributed by atoms with van der Waals surface area (Å²) >= 11 is 1.53. The summed E-state index contributed by atoms with van der Waals surface area (Å²) in [4.78, 5) is 29.9. The molecule has 0 spiro atoms.